The van der Waals surface area contributed by atoms with Gasteiger partial charge in [-0.25, -0.2) is 0 Å². The standard InChI is InChI=1S/C10H19NO/c1-3-10(4-2)7-5-11-8(6-12)9(7)10/h7-9,11-12H,3-6H2,1-2H3/t7-,8+,9-/m0/s1. The van der Waals surface area contributed by atoms with Crippen LogP contribution in [0.5, 0.6) is 0 Å². The number of nitrogens with one attached hydrogen (secondary N) is 1. The fraction of sp³-hybridized carbons (Fsp3) is 1.00. The third kappa shape index (κ3) is 0.826. The first kappa shape index (κ1) is 8.52. The van der Waals surface area contributed by atoms with Gasteiger partial charge < -0.3 is 10.4 Å². The molecule has 2 heteroatoms. The molecule has 1 saturated heterocycles. The molecule has 1 saturated carbocycles. The van der Waals surface area contributed by atoms with Crippen molar-refractivity contribution in [2.75, 3.05) is 13.2 Å². The highest BCUT2D eigenvalue weighted by Crippen LogP contribution is 2.66. The molecule has 1 aliphatic heterocycles. The Morgan fingerprint density at radius 2 is 2.08 bits per heavy atom. The summed E-state index contributed by atoms with van der Waals surface area (Å²) >= 11 is 0. The lowest BCUT2D eigenvalue weighted by Gasteiger charge is -2.21. The lowest BCUT2D eigenvalue weighted by Crippen LogP contribution is -2.34. The van der Waals surface area contributed by atoms with Crippen LogP contribution in [-0.4, -0.2) is 24.3 Å². The molecule has 0 bridgehead atoms. The average molecular weight is 169 g/mol. The number of aliphatic hydroxyl groups is 1. The summed E-state index contributed by atoms with van der Waals surface area (Å²) in [7, 11) is 0. The van der Waals surface area contributed by atoms with E-state index in [1.54, 1.807) is 0 Å². The third-order valence-corrected chi connectivity index (χ3v) is 4.27. The van der Waals surface area contributed by atoms with Crippen molar-refractivity contribution in [3.8, 4) is 0 Å². The molecule has 1 aliphatic carbocycles. The number of hydrogen-bond donors (Lipinski definition) is 2. The van der Waals surface area contributed by atoms with Crippen LogP contribution in [0.1, 0.15) is 26.7 Å². The Morgan fingerprint density at radius 3 is 2.50 bits per heavy atom. The predicted octanol–water partition coefficient (Wildman–Crippen LogP) is 1.00. The first-order chi connectivity index (χ1) is 5.80. The van der Waals surface area contributed by atoms with E-state index in [-0.39, 0.29) is 0 Å². The summed E-state index contributed by atoms with van der Waals surface area (Å²) in [6.45, 7) is 6.03. The molecule has 0 radical (unpaired) electrons. The van der Waals surface area contributed by atoms with Gasteiger partial charge >= 0.3 is 0 Å². The van der Waals surface area contributed by atoms with E-state index in [1.807, 2.05) is 0 Å². The summed E-state index contributed by atoms with van der Waals surface area (Å²) in [6, 6.07) is 0.398. The Kier molecular flexibility index (Phi) is 1.92. The largest absolute Gasteiger partial charge is 0.395 e. The monoisotopic (exact) mass is 169 g/mol. The van der Waals surface area contributed by atoms with Crippen molar-refractivity contribution >= 4 is 0 Å². The zero-order valence-corrected chi connectivity index (χ0v) is 8.01. The Balaban J connectivity index is 2.07. The van der Waals surface area contributed by atoms with Crippen molar-refractivity contribution in [2.45, 2.75) is 32.7 Å². The van der Waals surface area contributed by atoms with Crippen molar-refractivity contribution < 1.29 is 5.11 Å². The second kappa shape index (κ2) is 2.71. The second-order valence-corrected chi connectivity index (χ2v) is 4.27. The van der Waals surface area contributed by atoms with Crippen molar-refractivity contribution in [2.24, 2.45) is 17.3 Å². The molecule has 0 aromatic heterocycles. The van der Waals surface area contributed by atoms with E-state index < -0.39 is 0 Å². The van der Waals surface area contributed by atoms with Gasteiger partial charge in [-0.3, -0.25) is 0 Å². The maximum Gasteiger partial charge on any atom is 0.0587 e. The third-order valence-electron chi connectivity index (χ3n) is 4.27. The molecule has 0 spiro atoms. The van der Waals surface area contributed by atoms with Crippen LogP contribution in [0.15, 0.2) is 0 Å². The van der Waals surface area contributed by atoms with Crippen LogP contribution < -0.4 is 5.32 Å². The van der Waals surface area contributed by atoms with Crippen molar-refractivity contribution in [1.82, 2.24) is 5.32 Å². The molecule has 0 unspecified atom stereocenters. The highest BCUT2D eigenvalue weighted by Gasteiger charge is 2.66. The van der Waals surface area contributed by atoms with Gasteiger partial charge in [0.25, 0.3) is 0 Å². The van der Waals surface area contributed by atoms with Crippen LogP contribution in [0.4, 0.5) is 0 Å². The van der Waals surface area contributed by atoms with Gasteiger partial charge in [-0.1, -0.05) is 13.8 Å². The molecule has 2 fully saturated rings. The molecule has 2 nitrogen and oxygen atoms in total. The van der Waals surface area contributed by atoms with Gasteiger partial charge in [0, 0.05) is 6.04 Å². The minimum atomic E-state index is 0.322. The van der Waals surface area contributed by atoms with Crippen molar-refractivity contribution in [3.05, 3.63) is 0 Å². The summed E-state index contributed by atoms with van der Waals surface area (Å²) in [5.74, 6) is 1.64. The van der Waals surface area contributed by atoms with Gasteiger partial charge in [0.1, 0.15) is 0 Å². The fourth-order valence-corrected chi connectivity index (χ4v) is 3.45. The highest BCUT2D eigenvalue weighted by atomic mass is 16.3. The number of hydrogen-bond acceptors (Lipinski definition) is 2. The van der Waals surface area contributed by atoms with Crippen LogP contribution >= 0.6 is 0 Å². The Hall–Kier alpha value is -0.0800. The van der Waals surface area contributed by atoms with Gasteiger partial charge in [-0.05, 0) is 36.6 Å². The van der Waals surface area contributed by atoms with E-state index >= 15 is 0 Å². The molecule has 2 aliphatic rings. The quantitative estimate of drug-likeness (QED) is 0.660. The lowest BCUT2D eigenvalue weighted by atomic mass is 9.91. The number of fused-ring (bicyclic) bond motifs is 1. The first-order valence-corrected chi connectivity index (χ1v) is 5.14. The number of aliphatic hydroxyl groups excluding tert-OH is 1. The summed E-state index contributed by atoms with van der Waals surface area (Å²) in [4.78, 5) is 0. The van der Waals surface area contributed by atoms with Crippen LogP contribution in [0.2, 0.25) is 0 Å². The number of rotatable bonds is 3. The van der Waals surface area contributed by atoms with Gasteiger partial charge in [-0.15, -0.1) is 0 Å². The molecule has 70 valence electrons. The molecule has 3 atom stereocenters. The molecule has 0 aromatic carbocycles. The molecule has 2 rings (SSSR count). The second-order valence-electron chi connectivity index (χ2n) is 4.27. The molecule has 0 amide bonds. The molecular formula is C10H19NO. The Labute approximate surface area is 74.4 Å². The topological polar surface area (TPSA) is 32.3 Å². The summed E-state index contributed by atoms with van der Waals surface area (Å²) in [6.07, 6.45) is 2.58. The zero-order chi connectivity index (χ0) is 8.77. The van der Waals surface area contributed by atoms with Gasteiger partial charge in [-0.2, -0.15) is 0 Å². The minimum absolute atomic E-state index is 0.322. The van der Waals surface area contributed by atoms with Crippen LogP contribution in [0.25, 0.3) is 0 Å². The van der Waals surface area contributed by atoms with Crippen molar-refractivity contribution in [1.29, 1.82) is 0 Å². The molecular weight excluding hydrogens is 150 g/mol. The molecule has 12 heavy (non-hydrogen) atoms. The molecule has 2 N–H and O–H groups in total. The minimum Gasteiger partial charge on any atom is -0.395 e. The fourth-order valence-electron chi connectivity index (χ4n) is 3.45. The normalized spacial score (nSPS) is 42.8. The van der Waals surface area contributed by atoms with Gasteiger partial charge in [0.2, 0.25) is 0 Å². The summed E-state index contributed by atoms with van der Waals surface area (Å²) in [5.41, 5.74) is 0.596. The van der Waals surface area contributed by atoms with E-state index in [0.717, 1.165) is 18.4 Å². The summed E-state index contributed by atoms with van der Waals surface area (Å²) < 4.78 is 0. The van der Waals surface area contributed by atoms with Crippen LogP contribution in [-0.2, 0) is 0 Å². The Morgan fingerprint density at radius 1 is 1.42 bits per heavy atom. The van der Waals surface area contributed by atoms with E-state index in [4.69, 9.17) is 5.11 Å². The predicted molar refractivity (Wildman–Crippen MR) is 48.9 cm³/mol. The van der Waals surface area contributed by atoms with E-state index in [9.17, 15) is 0 Å². The molecule has 1 heterocycles. The van der Waals surface area contributed by atoms with Crippen LogP contribution in [0, 0.1) is 17.3 Å². The number of piperidine rings is 1. The summed E-state index contributed by atoms with van der Waals surface area (Å²) in [5, 5.41) is 12.5. The van der Waals surface area contributed by atoms with Gasteiger partial charge in [0.15, 0.2) is 0 Å². The zero-order valence-electron chi connectivity index (χ0n) is 8.01. The van der Waals surface area contributed by atoms with E-state index in [0.29, 0.717) is 18.1 Å². The van der Waals surface area contributed by atoms with Crippen molar-refractivity contribution in [3.63, 3.8) is 0 Å². The maximum absolute atomic E-state index is 9.12. The first-order valence-electron chi connectivity index (χ1n) is 5.14. The van der Waals surface area contributed by atoms with E-state index in [1.165, 1.54) is 12.8 Å². The van der Waals surface area contributed by atoms with Crippen LogP contribution in [0.3, 0.4) is 0 Å². The smallest absolute Gasteiger partial charge is 0.0587 e. The van der Waals surface area contributed by atoms with Gasteiger partial charge in [0.05, 0.1) is 6.61 Å². The SMILES string of the molecule is CCC1(CC)[C@@H]2[C@@H](CO)NC[C@@H]21. The molecule has 0 aromatic rings. The highest BCUT2D eigenvalue weighted by molar-refractivity contribution is 5.17. The van der Waals surface area contributed by atoms with E-state index in [2.05, 4.69) is 19.2 Å². The lowest BCUT2D eigenvalue weighted by molar-refractivity contribution is 0.213. The Bertz CT molecular complexity index is 177. The average Bonchev–Trinajstić information content (AvgIpc) is 2.54. The maximum atomic E-state index is 9.12.